The van der Waals surface area contributed by atoms with E-state index in [9.17, 15) is 4.79 Å². The smallest absolute Gasteiger partial charge is 0.305 e. The molecule has 1 aromatic carbocycles. The van der Waals surface area contributed by atoms with E-state index in [0.717, 1.165) is 42.8 Å². The summed E-state index contributed by atoms with van der Waals surface area (Å²) in [6.07, 6.45) is 9.23. The van der Waals surface area contributed by atoms with Crippen molar-refractivity contribution < 1.29 is 14.3 Å². The number of imidazole rings is 1. The molecule has 1 aliphatic rings. The normalized spacial score (nSPS) is 14.1. The second-order valence-corrected chi connectivity index (χ2v) is 11.0. The van der Waals surface area contributed by atoms with Crippen molar-refractivity contribution in [2.24, 2.45) is 13.0 Å². The van der Waals surface area contributed by atoms with Crippen LogP contribution in [0.4, 0.5) is 5.95 Å². The molecule has 1 aliphatic heterocycles. The van der Waals surface area contributed by atoms with Crippen molar-refractivity contribution in [3.05, 3.63) is 76.6 Å². The van der Waals surface area contributed by atoms with Crippen LogP contribution in [0.25, 0.3) is 11.3 Å². The Bertz CT molecular complexity index is 1470. The first-order chi connectivity index (χ1) is 19.8. The predicted octanol–water partition coefficient (Wildman–Crippen LogP) is 5.76. The Morgan fingerprint density at radius 1 is 1.05 bits per heavy atom. The minimum absolute atomic E-state index is 0.148. The molecule has 10 nitrogen and oxygen atoms in total. The Morgan fingerprint density at radius 2 is 1.78 bits per heavy atom. The predicted molar refractivity (Wildman–Crippen MR) is 157 cm³/mol. The van der Waals surface area contributed by atoms with Crippen molar-refractivity contribution >= 4 is 35.1 Å². The number of likely N-dealkylation sites (tertiary alicyclic amines) is 1. The number of carbonyl (C=O) groups is 1. The van der Waals surface area contributed by atoms with Crippen LogP contribution in [0.5, 0.6) is 11.6 Å². The van der Waals surface area contributed by atoms with Gasteiger partial charge in [-0.05, 0) is 61.7 Å². The summed E-state index contributed by atoms with van der Waals surface area (Å²) in [4.78, 5) is 31.8. The number of aromatic nitrogens is 5. The van der Waals surface area contributed by atoms with Gasteiger partial charge >= 0.3 is 5.97 Å². The molecule has 0 saturated carbocycles. The summed E-state index contributed by atoms with van der Waals surface area (Å²) < 4.78 is 12.8. The summed E-state index contributed by atoms with van der Waals surface area (Å²) >= 11 is 12.6. The van der Waals surface area contributed by atoms with E-state index in [-0.39, 0.29) is 5.97 Å². The molecule has 1 N–H and O–H groups in total. The van der Waals surface area contributed by atoms with Gasteiger partial charge in [-0.2, -0.15) is 0 Å². The number of anilines is 1. The molecule has 12 heteroatoms. The van der Waals surface area contributed by atoms with E-state index in [4.69, 9.17) is 37.7 Å². The highest BCUT2D eigenvalue weighted by atomic mass is 35.5. The number of hydrogen-bond acceptors (Lipinski definition) is 9. The average molecular weight is 597 g/mol. The molecule has 214 valence electrons. The molecular formula is C29H31Cl2N7O3. The summed E-state index contributed by atoms with van der Waals surface area (Å²) in [5.41, 5.74) is 3.40. The molecule has 0 atom stereocenters. The molecule has 0 bridgehead atoms. The number of aryl methyl sites for hydroxylation is 1. The molecule has 0 radical (unpaired) electrons. The van der Waals surface area contributed by atoms with Crippen LogP contribution in [0, 0.1) is 5.92 Å². The van der Waals surface area contributed by atoms with Crippen molar-refractivity contribution in [1.82, 2.24) is 29.4 Å². The van der Waals surface area contributed by atoms with E-state index in [1.807, 2.05) is 42.1 Å². The zero-order valence-corrected chi connectivity index (χ0v) is 24.4. The Labute approximate surface area is 248 Å². The molecule has 1 fully saturated rings. The van der Waals surface area contributed by atoms with Gasteiger partial charge < -0.3 is 19.4 Å². The first-order valence-corrected chi connectivity index (χ1v) is 14.1. The second-order valence-electron chi connectivity index (χ2n) is 10.1. The number of rotatable bonds is 10. The van der Waals surface area contributed by atoms with Gasteiger partial charge in [-0.1, -0.05) is 23.2 Å². The largest absolute Gasteiger partial charge is 0.469 e. The fourth-order valence-electron chi connectivity index (χ4n) is 4.79. The summed E-state index contributed by atoms with van der Waals surface area (Å²) in [6.45, 7) is 2.99. The van der Waals surface area contributed by atoms with E-state index in [2.05, 4.69) is 25.2 Å². The van der Waals surface area contributed by atoms with Crippen LogP contribution in [0.1, 0.15) is 30.5 Å². The maximum atomic E-state index is 11.7. The number of benzene rings is 1. The maximum absolute atomic E-state index is 11.7. The van der Waals surface area contributed by atoms with Gasteiger partial charge in [0.2, 0.25) is 11.8 Å². The maximum Gasteiger partial charge on any atom is 0.305 e. The van der Waals surface area contributed by atoms with E-state index in [1.165, 1.54) is 7.11 Å². The summed E-state index contributed by atoms with van der Waals surface area (Å²) in [7, 11) is 3.36. The van der Waals surface area contributed by atoms with E-state index < -0.39 is 0 Å². The molecule has 0 unspecified atom stereocenters. The lowest BCUT2D eigenvalue weighted by molar-refractivity contribution is -0.142. The standard InChI is InChI=1S/C29H31Cl2N7O3/c1-37-17-24(35-18-37)13-32-29-33-14-25(15-34-29)41-27-8-20(7-26(36-27)21-10-22(30)12-23(31)11-21)16-38-5-3-19(4-6-38)9-28(39)40-2/h7-8,10-12,14-15,17-19H,3-6,9,13,16H2,1-2H3,(H,32,33,34). The van der Waals surface area contributed by atoms with Crippen LogP contribution in [0.2, 0.25) is 10.0 Å². The van der Waals surface area contributed by atoms with Crippen LogP contribution < -0.4 is 10.1 Å². The van der Waals surface area contributed by atoms with Crippen molar-refractivity contribution in [2.45, 2.75) is 32.4 Å². The second kappa shape index (κ2) is 13.3. The third-order valence-electron chi connectivity index (χ3n) is 6.85. The van der Waals surface area contributed by atoms with Crippen molar-refractivity contribution in [3.63, 3.8) is 0 Å². The fraction of sp³-hybridized carbons (Fsp3) is 0.345. The SMILES string of the molecule is COC(=O)CC1CCN(Cc2cc(Oc3cnc(NCc4cn(C)cn4)nc3)nc(-c3cc(Cl)cc(Cl)c3)c2)CC1. The van der Waals surface area contributed by atoms with Crippen LogP contribution in [0.3, 0.4) is 0 Å². The minimum Gasteiger partial charge on any atom is -0.469 e. The molecule has 5 rings (SSSR count). The Kier molecular flexibility index (Phi) is 9.33. The van der Waals surface area contributed by atoms with Crippen LogP contribution in [-0.4, -0.2) is 55.6 Å². The number of nitrogens with zero attached hydrogens (tertiary/aromatic N) is 6. The number of carbonyl (C=O) groups excluding carboxylic acids is 1. The van der Waals surface area contributed by atoms with E-state index >= 15 is 0 Å². The van der Waals surface area contributed by atoms with Crippen LogP contribution in [-0.2, 0) is 29.7 Å². The molecule has 0 amide bonds. The van der Waals surface area contributed by atoms with Gasteiger partial charge in [-0.25, -0.2) is 19.9 Å². The van der Waals surface area contributed by atoms with Crippen LogP contribution >= 0.6 is 23.2 Å². The van der Waals surface area contributed by atoms with E-state index in [1.54, 1.807) is 24.8 Å². The molecule has 0 spiro atoms. The highest BCUT2D eigenvalue weighted by Gasteiger charge is 2.22. The highest BCUT2D eigenvalue weighted by Crippen LogP contribution is 2.31. The van der Waals surface area contributed by atoms with Gasteiger partial charge in [0.05, 0.1) is 43.8 Å². The third-order valence-corrected chi connectivity index (χ3v) is 7.29. The highest BCUT2D eigenvalue weighted by molar-refractivity contribution is 6.35. The summed E-state index contributed by atoms with van der Waals surface area (Å²) in [6, 6.07) is 9.28. The quantitative estimate of drug-likeness (QED) is 0.229. The molecule has 41 heavy (non-hydrogen) atoms. The fourth-order valence-corrected chi connectivity index (χ4v) is 5.31. The Hall–Kier alpha value is -3.73. The van der Waals surface area contributed by atoms with Crippen molar-refractivity contribution in [1.29, 1.82) is 0 Å². The molecule has 3 aromatic heterocycles. The van der Waals surface area contributed by atoms with Gasteiger partial charge in [0.25, 0.3) is 0 Å². The van der Waals surface area contributed by atoms with Gasteiger partial charge in [-0.15, -0.1) is 0 Å². The van der Waals surface area contributed by atoms with Gasteiger partial charge in [0.1, 0.15) is 0 Å². The molecular weight excluding hydrogens is 565 g/mol. The number of ether oxygens (including phenoxy) is 2. The zero-order chi connectivity index (χ0) is 28.8. The number of pyridine rings is 1. The van der Waals surface area contributed by atoms with Crippen molar-refractivity contribution in [3.8, 4) is 22.9 Å². The van der Waals surface area contributed by atoms with Gasteiger partial charge in [-0.3, -0.25) is 9.69 Å². The molecule has 4 heterocycles. The van der Waals surface area contributed by atoms with Crippen LogP contribution in [0.15, 0.2) is 55.2 Å². The van der Waals surface area contributed by atoms with Gasteiger partial charge in [0, 0.05) is 47.9 Å². The topological polar surface area (TPSA) is 107 Å². The number of halogens is 2. The van der Waals surface area contributed by atoms with Gasteiger partial charge in [0.15, 0.2) is 5.75 Å². The monoisotopic (exact) mass is 595 g/mol. The number of hydrogen-bond donors (Lipinski definition) is 1. The Balaban J connectivity index is 1.31. The van der Waals surface area contributed by atoms with Crippen molar-refractivity contribution in [2.75, 3.05) is 25.5 Å². The number of nitrogens with one attached hydrogen (secondary N) is 1. The first-order valence-electron chi connectivity index (χ1n) is 13.3. The minimum atomic E-state index is -0.148. The van der Waals surface area contributed by atoms with E-state index in [0.29, 0.717) is 58.7 Å². The molecule has 0 aliphatic carbocycles. The third kappa shape index (κ3) is 8.16. The molecule has 1 saturated heterocycles. The summed E-state index contributed by atoms with van der Waals surface area (Å²) in [5.74, 6) is 1.53. The molecule has 4 aromatic rings. The summed E-state index contributed by atoms with van der Waals surface area (Å²) in [5, 5.41) is 4.20. The lowest BCUT2D eigenvalue weighted by Gasteiger charge is -2.31. The number of methoxy groups -OCH3 is 1. The Morgan fingerprint density at radius 3 is 2.44 bits per heavy atom. The zero-order valence-electron chi connectivity index (χ0n) is 22.9. The average Bonchev–Trinajstić information content (AvgIpc) is 3.38. The lowest BCUT2D eigenvalue weighted by atomic mass is 9.93. The number of esters is 1. The first kappa shape index (κ1) is 28.8. The lowest BCUT2D eigenvalue weighted by Crippen LogP contribution is -2.34. The number of piperidine rings is 1.